The van der Waals surface area contributed by atoms with E-state index >= 15 is 0 Å². The maximum atomic E-state index is 11.7. The van der Waals surface area contributed by atoms with Gasteiger partial charge in [0.15, 0.2) is 0 Å². The lowest BCUT2D eigenvalue weighted by atomic mass is 10.1. The van der Waals surface area contributed by atoms with E-state index in [2.05, 4.69) is 0 Å². The molecule has 0 fully saturated rings. The number of aromatic nitrogens is 1. The van der Waals surface area contributed by atoms with Crippen molar-refractivity contribution in [1.29, 1.82) is 0 Å². The van der Waals surface area contributed by atoms with Crippen LogP contribution < -0.4 is 5.56 Å². The van der Waals surface area contributed by atoms with Gasteiger partial charge in [0.25, 0.3) is 0 Å². The monoisotopic (exact) mass is 223 g/mol. The Kier molecular flexibility index (Phi) is 3.88. The smallest absolute Gasteiger partial charge is 0.339 e. The summed E-state index contributed by atoms with van der Waals surface area (Å²) in [6.45, 7) is 5.82. The van der Waals surface area contributed by atoms with Gasteiger partial charge in [-0.25, -0.2) is 4.79 Å². The highest BCUT2D eigenvalue weighted by Crippen LogP contribution is 2.08. The summed E-state index contributed by atoms with van der Waals surface area (Å²) in [4.78, 5) is 22.8. The van der Waals surface area contributed by atoms with Gasteiger partial charge < -0.3 is 9.30 Å². The lowest BCUT2D eigenvalue weighted by Crippen LogP contribution is -2.22. The van der Waals surface area contributed by atoms with Gasteiger partial charge >= 0.3 is 5.97 Å². The first-order valence-electron chi connectivity index (χ1n) is 5.29. The molecule has 0 aliphatic heterocycles. The van der Waals surface area contributed by atoms with Crippen molar-refractivity contribution in [1.82, 2.24) is 4.57 Å². The van der Waals surface area contributed by atoms with E-state index in [4.69, 9.17) is 4.74 Å². The molecule has 4 nitrogen and oxygen atoms in total. The van der Waals surface area contributed by atoms with Gasteiger partial charge in [0.1, 0.15) is 6.10 Å². The van der Waals surface area contributed by atoms with Crippen LogP contribution in [0.25, 0.3) is 0 Å². The molecule has 16 heavy (non-hydrogen) atoms. The van der Waals surface area contributed by atoms with Crippen LogP contribution >= 0.6 is 0 Å². The molecule has 88 valence electrons. The Labute approximate surface area is 94.9 Å². The fraction of sp³-hybridized carbons (Fsp3) is 0.500. The molecule has 1 heterocycles. The summed E-state index contributed by atoms with van der Waals surface area (Å²) < 4.78 is 6.60. The highest BCUT2D eigenvalue weighted by molar-refractivity contribution is 5.89. The van der Waals surface area contributed by atoms with Crippen molar-refractivity contribution in [2.24, 2.45) is 13.0 Å². The summed E-state index contributed by atoms with van der Waals surface area (Å²) >= 11 is 0. The largest absolute Gasteiger partial charge is 0.459 e. The molecule has 0 aliphatic rings. The second kappa shape index (κ2) is 4.96. The zero-order valence-electron chi connectivity index (χ0n) is 10.1. The van der Waals surface area contributed by atoms with Crippen LogP contribution in [0, 0.1) is 5.92 Å². The Hall–Kier alpha value is -1.58. The number of aryl methyl sites for hydroxylation is 1. The van der Waals surface area contributed by atoms with Crippen LogP contribution in [0.3, 0.4) is 0 Å². The van der Waals surface area contributed by atoms with E-state index in [0.717, 1.165) is 0 Å². The third kappa shape index (κ3) is 2.95. The van der Waals surface area contributed by atoms with E-state index in [1.54, 1.807) is 7.05 Å². The molecule has 4 heteroatoms. The molecule has 0 aromatic carbocycles. The summed E-state index contributed by atoms with van der Waals surface area (Å²) in [6.07, 6.45) is 1.35. The van der Waals surface area contributed by atoms with Crippen LogP contribution in [0.5, 0.6) is 0 Å². The molecule has 0 radical (unpaired) electrons. The molecule has 0 bridgehead atoms. The Morgan fingerprint density at radius 1 is 1.31 bits per heavy atom. The summed E-state index contributed by atoms with van der Waals surface area (Å²) in [5.74, 6) is -0.117. The number of nitrogens with zero attached hydrogens (tertiary/aromatic N) is 1. The first-order chi connectivity index (χ1) is 7.41. The minimum Gasteiger partial charge on any atom is -0.459 e. The number of carbonyl (C=O) groups is 1. The normalized spacial score (nSPS) is 12.6. The minimum atomic E-state index is -0.392. The zero-order valence-corrected chi connectivity index (χ0v) is 10.1. The summed E-state index contributed by atoms with van der Waals surface area (Å²) in [6, 6.07) is 2.84. The molecule has 0 aliphatic carbocycles. The molecule has 0 spiro atoms. The standard InChI is InChI=1S/C12H17NO3/c1-8(2)9(3)16-12(15)10-5-6-11(14)13(4)7-10/h5-9H,1-4H3/t9-/m0/s1. The van der Waals surface area contributed by atoms with Gasteiger partial charge in [-0.3, -0.25) is 4.79 Å². The van der Waals surface area contributed by atoms with Gasteiger partial charge in [-0.05, 0) is 18.9 Å². The van der Waals surface area contributed by atoms with E-state index in [9.17, 15) is 9.59 Å². The van der Waals surface area contributed by atoms with Crippen LogP contribution in [0.4, 0.5) is 0 Å². The first-order valence-corrected chi connectivity index (χ1v) is 5.29. The molecular formula is C12H17NO3. The van der Waals surface area contributed by atoms with Crippen molar-refractivity contribution in [2.45, 2.75) is 26.9 Å². The van der Waals surface area contributed by atoms with Crippen LogP contribution in [0.1, 0.15) is 31.1 Å². The number of pyridine rings is 1. The Balaban J connectivity index is 2.81. The maximum absolute atomic E-state index is 11.7. The summed E-state index contributed by atoms with van der Waals surface area (Å²) in [5.41, 5.74) is 0.253. The average molecular weight is 223 g/mol. The van der Waals surface area contributed by atoms with Gasteiger partial charge in [-0.2, -0.15) is 0 Å². The van der Waals surface area contributed by atoms with E-state index in [1.165, 1.54) is 22.9 Å². The van der Waals surface area contributed by atoms with Gasteiger partial charge in [0.2, 0.25) is 5.56 Å². The highest BCUT2D eigenvalue weighted by Gasteiger charge is 2.15. The maximum Gasteiger partial charge on any atom is 0.339 e. The molecular weight excluding hydrogens is 206 g/mol. The van der Waals surface area contributed by atoms with Crippen molar-refractivity contribution < 1.29 is 9.53 Å². The van der Waals surface area contributed by atoms with Gasteiger partial charge in [-0.1, -0.05) is 13.8 Å². The zero-order chi connectivity index (χ0) is 12.3. The van der Waals surface area contributed by atoms with Gasteiger partial charge in [0.05, 0.1) is 5.56 Å². The van der Waals surface area contributed by atoms with Crippen LogP contribution in [0.2, 0.25) is 0 Å². The lowest BCUT2D eigenvalue weighted by Gasteiger charge is -2.16. The van der Waals surface area contributed by atoms with Crippen molar-refractivity contribution >= 4 is 5.97 Å². The number of hydrogen-bond acceptors (Lipinski definition) is 3. The van der Waals surface area contributed by atoms with Crippen molar-refractivity contribution in [3.8, 4) is 0 Å². The molecule has 1 rings (SSSR count). The Morgan fingerprint density at radius 2 is 1.94 bits per heavy atom. The van der Waals surface area contributed by atoms with Gasteiger partial charge in [0, 0.05) is 19.3 Å². The van der Waals surface area contributed by atoms with Gasteiger partial charge in [-0.15, -0.1) is 0 Å². The average Bonchev–Trinajstić information content (AvgIpc) is 2.21. The number of esters is 1. The lowest BCUT2D eigenvalue weighted by molar-refractivity contribution is 0.0237. The van der Waals surface area contributed by atoms with E-state index < -0.39 is 5.97 Å². The van der Waals surface area contributed by atoms with Crippen LogP contribution in [0.15, 0.2) is 23.1 Å². The van der Waals surface area contributed by atoms with Crippen molar-refractivity contribution in [3.05, 3.63) is 34.2 Å². The van der Waals surface area contributed by atoms with Crippen molar-refractivity contribution in [3.63, 3.8) is 0 Å². The number of hydrogen-bond donors (Lipinski definition) is 0. The van der Waals surface area contributed by atoms with E-state index in [0.29, 0.717) is 5.56 Å². The Morgan fingerprint density at radius 3 is 2.44 bits per heavy atom. The highest BCUT2D eigenvalue weighted by atomic mass is 16.5. The predicted molar refractivity (Wildman–Crippen MR) is 61.4 cm³/mol. The molecule has 1 atom stereocenters. The van der Waals surface area contributed by atoms with E-state index in [-0.39, 0.29) is 17.6 Å². The second-order valence-corrected chi connectivity index (χ2v) is 4.22. The first kappa shape index (κ1) is 12.5. The quantitative estimate of drug-likeness (QED) is 0.731. The predicted octanol–water partition coefficient (Wildman–Crippen LogP) is 1.59. The SMILES string of the molecule is CC(C)[C@H](C)OC(=O)c1ccc(=O)n(C)c1. The minimum absolute atomic E-state index is 0.135. The third-order valence-corrected chi connectivity index (χ3v) is 2.55. The second-order valence-electron chi connectivity index (χ2n) is 4.22. The summed E-state index contributed by atoms with van der Waals surface area (Å²) in [7, 11) is 1.60. The third-order valence-electron chi connectivity index (χ3n) is 2.55. The molecule has 0 N–H and O–H groups in total. The molecule has 1 aromatic rings. The number of ether oxygens (including phenoxy) is 1. The summed E-state index contributed by atoms with van der Waals surface area (Å²) in [5, 5.41) is 0. The molecule has 0 unspecified atom stereocenters. The Bertz CT molecular complexity index is 434. The topological polar surface area (TPSA) is 48.3 Å². The molecule has 0 saturated heterocycles. The molecule has 0 saturated carbocycles. The van der Waals surface area contributed by atoms with Crippen LogP contribution in [-0.2, 0) is 11.8 Å². The number of carbonyl (C=O) groups excluding carboxylic acids is 1. The van der Waals surface area contributed by atoms with E-state index in [1.807, 2.05) is 20.8 Å². The fourth-order valence-corrected chi connectivity index (χ4v) is 1.09. The molecule has 0 amide bonds. The fourth-order valence-electron chi connectivity index (χ4n) is 1.09. The van der Waals surface area contributed by atoms with Crippen LogP contribution in [-0.4, -0.2) is 16.6 Å². The molecule has 1 aromatic heterocycles. The number of rotatable bonds is 3. The van der Waals surface area contributed by atoms with Crippen molar-refractivity contribution in [2.75, 3.05) is 0 Å².